The van der Waals surface area contributed by atoms with Gasteiger partial charge in [-0.05, 0) is 62.8 Å². The molecule has 2 heterocycles. The normalized spacial score (nSPS) is 13.1. The number of carbonyl (C=O) groups excluding carboxylic acids is 1. The summed E-state index contributed by atoms with van der Waals surface area (Å²) in [5.74, 6) is 1.96. The van der Waals surface area contributed by atoms with Gasteiger partial charge in [-0.15, -0.1) is 11.3 Å². The number of aryl methyl sites for hydroxylation is 3. The third-order valence-corrected chi connectivity index (χ3v) is 7.27. The first-order valence-corrected chi connectivity index (χ1v) is 12.5. The number of aromatic nitrogens is 2. The van der Waals surface area contributed by atoms with Crippen molar-refractivity contribution in [3.8, 4) is 11.5 Å². The molecule has 7 nitrogen and oxygen atoms in total. The molecule has 1 aromatic carbocycles. The molecule has 0 radical (unpaired) electrons. The average Bonchev–Trinajstić information content (AvgIpc) is 3.20. The monoisotopic (exact) mass is 469 g/mol. The minimum Gasteiger partial charge on any atom is -0.493 e. The van der Waals surface area contributed by atoms with E-state index in [2.05, 4.69) is 4.98 Å². The van der Waals surface area contributed by atoms with Crippen molar-refractivity contribution in [2.24, 2.45) is 0 Å². The number of thiophene rings is 1. The van der Waals surface area contributed by atoms with Crippen molar-refractivity contribution in [3.63, 3.8) is 0 Å². The summed E-state index contributed by atoms with van der Waals surface area (Å²) < 4.78 is 11.0. The molecule has 3 aromatic rings. The van der Waals surface area contributed by atoms with Crippen molar-refractivity contribution >= 4 is 27.5 Å². The largest absolute Gasteiger partial charge is 0.493 e. The molecular weight excluding hydrogens is 438 g/mol. The smallest absolute Gasteiger partial charge is 0.259 e. The van der Waals surface area contributed by atoms with Crippen molar-refractivity contribution in [2.75, 3.05) is 20.3 Å². The number of methoxy groups -OCH3 is 1. The van der Waals surface area contributed by atoms with E-state index in [4.69, 9.17) is 14.5 Å². The number of nitrogens with one attached hydrogen (secondary N) is 1. The molecule has 0 spiro atoms. The number of fused-ring (bicyclic) bond motifs is 3. The molecule has 0 unspecified atom stereocenters. The van der Waals surface area contributed by atoms with Crippen LogP contribution in [0.1, 0.15) is 54.9 Å². The molecule has 1 amide bonds. The Bertz CT molecular complexity index is 1200. The molecule has 1 N–H and O–H groups in total. The second-order valence-electron chi connectivity index (χ2n) is 8.23. The highest BCUT2D eigenvalue weighted by Crippen LogP contribution is 2.33. The first-order chi connectivity index (χ1) is 16.0. The number of H-pyrrole nitrogens is 1. The minimum atomic E-state index is -0.0734. The molecule has 0 saturated carbocycles. The van der Waals surface area contributed by atoms with Crippen molar-refractivity contribution in [1.29, 1.82) is 0 Å². The Kier molecular flexibility index (Phi) is 7.33. The molecule has 0 bridgehead atoms. The number of hydrogen-bond acceptors (Lipinski definition) is 6. The van der Waals surface area contributed by atoms with Gasteiger partial charge >= 0.3 is 0 Å². The maximum atomic E-state index is 12.9. The van der Waals surface area contributed by atoms with Crippen molar-refractivity contribution in [3.05, 3.63) is 50.4 Å². The fraction of sp³-hybridized carbons (Fsp3) is 0.480. The van der Waals surface area contributed by atoms with E-state index < -0.39 is 0 Å². The molecule has 0 fully saturated rings. The zero-order chi connectivity index (χ0) is 23.4. The van der Waals surface area contributed by atoms with Gasteiger partial charge in [0, 0.05) is 30.8 Å². The Labute approximate surface area is 197 Å². The topological polar surface area (TPSA) is 84.5 Å². The number of benzene rings is 1. The SMILES string of the molecule is CCOc1ccc(CN(CC)C(=O)CCc2nc3sc4c(c3c(=O)[nH]2)CCCC4)cc1OC. The van der Waals surface area contributed by atoms with E-state index in [1.165, 1.54) is 16.9 Å². The Morgan fingerprint density at radius 3 is 2.79 bits per heavy atom. The number of nitrogens with zero attached hydrogens (tertiary/aromatic N) is 2. The van der Waals surface area contributed by atoms with E-state index in [1.54, 1.807) is 23.3 Å². The number of aromatic amines is 1. The lowest BCUT2D eigenvalue weighted by Crippen LogP contribution is -2.30. The zero-order valence-corrected chi connectivity index (χ0v) is 20.3. The predicted molar refractivity (Wildman–Crippen MR) is 130 cm³/mol. The fourth-order valence-electron chi connectivity index (χ4n) is 4.39. The van der Waals surface area contributed by atoms with Gasteiger partial charge in [0.25, 0.3) is 5.56 Å². The summed E-state index contributed by atoms with van der Waals surface area (Å²) in [5.41, 5.74) is 2.08. The minimum absolute atomic E-state index is 0.0265. The van der Waals surface area contributed by atoms with Crippen LogP contribution in [0.5, 0.6) is 11.5 Å². The number of carbonyl (C=O) groups is 1. The number of amides is 1. The molecule has 2 aromatic heterocycles. The number of ether oxygens (including phenoxy) is 2. The van der Waals surface area contributed by atoms with Crippen molar-refractivity contribution < 1.29 is 14.3 Å². The van der Waals surface area contributed by atoms with Gasteiger partial charge in [0.1, 0.15) is 10.7 Å². The maximum Gasteiger partial charge on any atom is 0.259 e. The first kappa shape index (κ1) is 23.3. The van der Waals surface area contributed by atoms with E-state index >= 15 is 0 Å². The lowest BCUT2D eigenvalue weighted by Gasteiger charge is -2.21. The quantitative estimate of drug-likeness (QED) is 0.506. The van der Waals surface area contributed by atoms with Crippen molar-refractivity contribution in [2.45, 2.75) is 58.9 Å². The van der Waals surface area contributed by atoms with Gasteiger partial charge in [0.15, 0.2) is 11.5 Å². The maximum absolute atomic E-state index is 12.9. The summed E-state index contributed by atoms with van der Waals surface area (Å²) in [5, 5.41) is 0.754. The van der Waals surface area contributed by atoms with Gasteiger partial charge < -0.3 is 19.4 Å². The van der Waals surface area contributed by atoms with E-state index in [0.29, 0.717) is 49.9 Å². The van der Waals surface area contributed by atoms with Crippen LogP contribution in [0.2, 0.25) is 0 Å². The van der Waals surface area contributed by atoms with Gasteiger partial charge in [0.05, 0.1) is 19.1 Å². The summed E-state index contributed by atoms with van der Waals surface area (Å²) in [7, 11) is 1.61. The van der Waals surface area contributed by atoms with Gasteiger partial charge in [-0.3, -0.25) is 9.59 Å². The zero-order valence-electron chi connectivity index (χ0n) is 19.5. The molecule has 1 aliphatic carbocycles. The van der Waals surface area contributed by atoms with E-state index in [9.17, 15) is 9.59 Å². The molecule has 176 valence electrons. The lowest BCUT2D eigenvalue weighted by molar-refractivity contribution is -0.131. The van der Waals surface area contributed by atoms with Crippen LogP contribution in [0, 0.1) is 0 Å². The van der Waals surface area contributed by atoms with Crippen LogP contribution in [0.4, 0.5) is 0 Å². The van der Waals surface area contributed by atoms with E-state index in [-0.39, 0.29) is 11.5 Å². The van der Waals surface area contributed by atoms with Crippen molar-refractivity contribution in [1.82, 2.24) is 14.9 Å². The third kappa shape index (κ3) is 5.05. The molecule has 1 aliphatic rings. The summed E-state index contributed by atoms with van der Waals surface area (Å²) in [4.78, 5) is 37.2. The highest BCUT2D eigenvalue weighted by atomic mass is 32.1. The van der Waals surface area contributed by atoms with Crippen LogP contribution >= 0.6 is 11.3 Å². The molecule has 0 saturated heterocycles. The first-order valence-electron chi connectivity index (χ1n) is 11.6. The van der Waals surface area contributed by atoms with Crippen LogP contribution in [0.15, 0.2) is 23.0 Å². The number of rotatable bonds is 9. The highest BCUT2D eigenvalue weighted by Gasteiger charge is 2.20. The predicted octanol–water partition coefficient (Wildman–Crippen LogP) is 4.25. The molecule has 33 heavy (non-hydrogen) atoms. The van der Waals surface area contributed by atoms with Gasteiger partial charge in [-0.2, -0.15) is 0 Å². The fourth-order valence-corrected chi connectivity index (χ4v) is 5.67. The Morgan fingerprint density at radius 2 is 2.03 bits per heavy atom. The van der Waals surface area contributed by atoms with E-state index in [0.717, 1.165) is 35.0 Å². The Hall–Kier alpha value is -2.87. The average molecular weight is 470 g/mol. The highest BCUT2D eigenvalue weighted by molar-refractivity contribution is 7.18. The Morgan fingerprint density at radius 1 is 1.21 bits per heavy atom. The number of hydrogen-bond donors (Lipinski definition) is 1. The lowest BCUT2D eigenvalue weighted by atomic mass is 9.97. The second kappa shape index (κ2) is 10.4. The van der Waals surface area contributed by atoms with Crippen LogP contribution in [-0.4, -0.2) is 41.0 Å². The molecule has 8 heteroatoms. The van der Waals surface area contributed by atoms with Crippen LogP contribution in [0.25, 0.3) is 10.2 Å². The molecule has 4 rings (SSSR count). The van der Waals surface area contributed by atoms with Gasteiger partial charge in [-0.1, -0.05) is 6.07 Å². The Balaban J connectivity index is 1.44. The summed E-state index contributed by atoms with van der Waals surface area (Å²) in [6, 6.07) is 5.74. The summed E-state index contributed by atoms with van der Waals surface area (Å²) in [6.07, 6.45) is 5.00. The van der Waals surface area contributed by atoms with Crippen LogP contribution < -0.4 is 15.0 Å². The summed E-state index contributed by atoms with van der Waals surface area (Å²) in [6.45, 7) is 5.53. The van der Waals surface area contributed by atoms with Gasteiger partial charge in [0.2, 0.25) is 5.91 Å². The second-order valence-corrected chi connectivity index (χ2v) is 9.31. The van der Waals surface area contributed by atoms with Gasteiger partial charge in [-0.25, -0.2) is 4.98 Å². The third-order valence-electron chi connectivity index (χ3n) is 6.09. The summed E-state index contributed by atoms with van der Waals surface area (Å²) >= 11 is 1.63. The van der Waals surface area contributed by atoms with Crippen LogP contribution in [0.3, 0.4) is 0 Å². The molecule has 0 aliphatic heterocycles. The van der Waals surface area contributed by atoms with Crippen LogP contribution in [-0.2, 0) is 30.6 Å². The standard InChI is InChI=1S/C25H31N3O4S/c1-4-28(15-16-10-11-18(32-5-2)19(14-16)31-3)22(29)13-12-21-26-24(30)23-17-8-6-7-9-20(17)33-25(23)27-21/h10-11,14H,4-9,12-13,15H2,1-3H3,(H,26,27,30). The molecular formula is C25H31N3O4S. The molecule has 0 atom stereocenters. The van der Waals surface area contributed by atoms with E-state index in [1.807, 2.05) is 32.0 Å².